The third-order valence-electron chi connectivity index (χ3n) is 7.50. The highest BCUT2D eigenvalue weighted by atomic mass is 79.9. The van der Waals surface area contributed by atoms with Crippen molar-refractivity contribution in [3.63, 3.8) is 0 Å². The number of halogens is 1. The van der Waals surface area contributed by atoms with Gasteiger partial charge in [-0.05, 0) is 59.2 Å². The Balaban J connectivity index is 1.33. The second kappa shape index (κ2) is 9.72. The zero-order valence-electron chi connectivity index (χ0n) is 21.5. The molecule has 0 saturated carbocycles. The molecule has 39 heavy (non-hydrogen) atoms. The number of aromatic nitrogens is 1. The van der Waals surface area contributed by atoms with Crippen LogP contribution in [0.25, 0.3) is 33.2 Å². The molecule has 2 heterocycles. The Morgan fingerprint density at radius 1 is 0.641 bits per heavy atom. The molecule has 0 bridgehead atoms. The first-order valence-corrected chi connectivity index (χ1v) is 13.9. The van der Waals surface area contributed by atoms with Crippen molar-refractivity contribution in [2.75, 3.05) is 7.05 Å². The van der Waals surface area contributed by atoms with Crippen LogP contribution < -0.4 is 0 Å². The predicted molar refractivity (Wildman–Crippen MR) is 166 cm³/mol. The number of nitrogens with zero attached hydrogens (tertiary/aromatic N) is 3. The molecule has 5 aromatic carbocycles. The topological polar surface area (TPSA) is 20.5 Å². The molecular weight excluding hydrogens is 542 g/mol. The van der Waals surface area contributed by atoms with Crippen molar-refractivity contribution in [2.24, 2.45) is 4.99 Å². The highest BCUT2D eigenvalue weighted by Gasteiger charge is 2.25. The van der Waals surface area contributed by atoms with Crippen LogP contribution in [-0.4, -0.2) is 22.2 Å². The van der Waals surface area contributed by atoms with E-state index < -0.39 is 0 Å². The van der Waals surface area contributed by atoms with Gasteiger partial charge in [0.2, 0.25) is 0 Å². The monoisotopic (exact) mass is 567 g/mol. The van der Waals surface area contributed by atoms with Crippen LogP contribution >= 0.6 is 15.9 Å². The maximum Gasteiger partial charge on any atom is 0.147 e. The zero-order chi connectivity index (χ0) is 26.3. The maximum absolute atomic E-state index is 5.24. The Hall–Kier alpha value is -4.41. The summed E-state index contributed by atoms with van der Waals surface area (Å²) in [6.07, 6.45) is 2.06. The van der Waals surface area contributed by atoms with Gasteiger partial charge in [0.1, 0.15) is 6.17 Å². The number of para-hydroxylation sites is 1. The summed E-state index contributed by atoms with van der Waals surface area (Å²) in [6.45, 7) is 0. The summed E-state index contributed by atoms with van der Waals surface area (Å²) in [6, 6.07) is 45.0. The zero-order valence-corrected chi connectivity index (χ0v) is 23.1. The molecule has 0 saturated heterocycles. The molecule has 0 fully saturated rings. The van der Waals surface area contributed by atoms with E-state index >= 15 is 0 Å². The van der Waals surface area contributed by atoms with Crippen molar-refractivity contribution in [3.8, 4) is 5.69 Å². The first-order chi connectivity index (χ1) is 19.2. The van der Waals surface area contributed by atoms with E-state index in [-0.39, 0.29) is 6.17 Å². The van der Waals surface area contributed by atoms with E-state index in [4.69, 9.17) is 4.99 Å². The maximum atomic E-state index is 5.24. The van der Waals surface area contributed by atoms with Crippen LogP contribution in [0.4, 0.5) is 0 Å². The predicted octanol–water partition coefficient (Wildman–Crippen LogP) is 9.02. The molecule has 0 radical (unpaired) electrons. The molecule has 1 atom stereocenters. The lowest BCUT2D eigenvalue weighted by atomic mass is 10.0. The van der Waals surface area contributed by atoms with Gasteiger partial charge in [-0.1, -0.05) is 107 Å². The number of rotatable bonds is 4. The van der Waals surface area contributed by atoms with E-state index in [0.29, 0.717) is 0 Å². The van der Waals surface area contributed by atoms with Crippen LogP contribution in [0.2, 0.25) is 0 Å². The van der Waals surface area contributed by atoms with Gasteiger partial charge in [0, 0.05) is 33.7 Å². The first-order valence-electron chi connectivity index (χ1n) is 13.1. The molecule has 3 nitrogen and oxygen atoms in total. The van der Waals surface area contributed by atoms with E-state index in [1.54, 1.807) is 0 Å². The molecule has 0 N–H and O–H groups in total. The fourth-order valence-corrected chi connectivity index (χ4v) is 5.96. The number of allylic oxidation sites excluding steroid dienone is 1. The van der Waals surface area contributed by atoms with Gasteiger partial charge in [0.05, 0.1) is 16.7 Å². The minimum absolute atomic E-state index is 0.136. The van der Waals surface area contributed by atoms with Crippen molar-refractivity contribution in [1.29, 1.82) is 0 Å². The number of hydrogen-bond acceptors (Lipinski definition) is 2. The van der Waals surface area contributed by atoms with Crippen LogP contribution in [0.1, 0.15) is 22.9 Å². The van der Waals surface area contributed by atoms with Gasteiger partial charge in [-0.3, -0.25) is 4.99 Å². The number of fused-ring (bicyclic) bond motifs is 3. The lowest BCUT2D eigenvalue weighted by molar-refractivity contribution is 0.364. The third kappa shape index (κ3) is 4.18. The van der Waals surface area contributed by atoms with Crippen LogP contribution in [0.15, 0.2) is 143 Å². The summed E-state index contributed by atoms with van der Waals surface area (Å²) in [7, 11) is 2.13. The molecule has 0 amide bonds. The quantitative estimate of drug-likeness (QED) is 0.208. The Morgan fingerprint density at radius 2 is 1.28 bits per heavy atom. The van der Waals surface area contributed by atoms with Crippen LogP contribution in [-0.2, 0) is 0 Å². The normalized spacial score (nSPS) is 15.4. The standard InChI is InChI=1S/C35H26BrN3/c1-38-34(25-12-6-3-7-13-25)23-31(24-10-4-2-5-11-24)37-35(38)26-16-19-28(20-17-26)39-32-15-9-8-14-29(32)30-22-27(36)18-21-33(30)39/h2-23,35H,1H3. The fourth-order valence-electron chi connectivity index (χ4n) is 5.60. The molecule has 1 aliphatic rings. The summed E-state index contributed by atoms with van der Waals surface area (Å²) in [5, 5.41) is 2.49. The summed E-state index contributed by atoms with van der Waals surface area (Å²) < 4.78 is 3.43. The molecule has 1 aromatic heterocycles. The third-order valence-corrected chi connectivity index (χ3v) is 8.00. The van der Waals surface area contributed by atoms with Crippen LogP contribution in [0.3, 0.4) is 0 Å². The Bertz CT molecular complexity index is 1870. The Morgan fingerprint density at radius 3 is 2.03 bits per heavy atom. The molecule has 1 aliphatic heterocycles. The van der Waals surface area contributed by atoms with Gasteiger partial charge in [0.25, 0.3) is 0 Å². The molecule has 6 aromatic rings. The van der Waals surface area contributed by atoms with Gasteiger partial charge in [-0.25, -0.2) is 0 Å². The van der Waals surface area contributed by atoms with Crippen LogP contribution in [0, 0.1) is 0 Å². The summed E-state index contributed by atoms with van der Waals surface area (Å²) in [5.41, 5.74) is 9.14. The van der Waals surface area contributed by atoms with E-state index in [0.717, 1.165) is 32.7 Å². The molecule has 4 heteroatoms. The highest BCUT2D eigenvalue weighted by Crippen LogP contribution is 2.36. The van der Waals surface area contributed by atoms with Crippen LogP contribution in [0.5, 0.6) is 0 Å². The van der Waals surface area contributed by atoms with E-state index in [9.17, 15) is 0 Å². The Labute approximate surface area is 236 Å². The minimum atomic E-state index is -0.136. The number of hydrogen-bond donors (Lipinski definition) is 0. The average molecular weight is 569 g/mol. The highest BCUT2D eigenvalue weighted by molar-refractivity contribution is 9.10. The largest absolute Gasteiger partial charge is 0.349 e. The van der Waals surface area contributed by atoms with Crippen molar-refractivity contribution >= 4 is 49.1 Å². The van der Waals surface area contributed by atoms with Gasteiger partial charge < -0.3 is 9.47 Å². The van der Waals surface area contributed by atoms with E-state index in [1.807, 2.05) is 6.07 Å². The summed E-state index contributed by atoms with van der Waals surface area (Å²) >= 11 is 3.66. The average Bonchev–Trinajstić information content (AvgIpc) is 3.32. The SMILES string of the molecule is CN1C(c2ccccc2)=CC(c2ccccc2)=NC1c1ccc(-n2c3ccccc3c3cc(Br)ccc32)cc1. The summed E-state index contributed by atoms with van der Waals surface area (Å²) in [5.74, 6) is 0. The van der Waals surface area contributed by atoms with Crippen molar-refractivity contribution in [2.45, 2.75) is 6.17 Å². The second-order valence-electron chi connectivity index (χ2n) is 9.87. The van der Waals surface area contributed by atoms with Crippen molar-refractivity contribution in [3.05, 3.63) is 155 Å². The smallest absolute Gasteiger partial charge is 0.147 e. The second-order valence-corrected chi connectivity index (χ2v) is 10.8. The summed E-state index contributed by atoms with van der Waals surface area (Å²) in [4.78, 5) is 7.51. The van der Waals surface area contributed by atoms with Crippen molar-refractivity contribution < 1.29 is 0 Å². The van der Waals surface area contributed by atoms with Gasteiger partial charge in [-0.15, -0.1) is 0 Å². The lowest BCUT2D eigenvalue weighted by Crippen LogP contribution is -2.27. The first kappa shape index (κ1) is 23.7. The molecular formula is C35H26BrN3. The van der Waals surface area contributed by atoms with Gasteiger partial charge in [-0.2, -0.15) is 0 Å². The lowest BCUT2D eigenvalue weighted by Gasteiger charge is -2.34. The number of benzene rings is 5. The number of aliphatic imine (C=N–C) groups is 1. The molecule has 7 rings (SSSR count). The molecule has 0 spiro atoms. The van der Waals surface area contributed by atoms with Gasteiger partial charge >= 0.3 is 0 Å². The molecule has 0 aliphatic carbocycles. The molecule has 1 unspecified atom stereocenters. The van der Waals surface area contributed by atoms with E-state index in [1.165, 1.54) is 27.4 Å². The van der Waals surface area contributed by atoms with Gasteiger partial charge in [0.15, 0.2) is 0 Å². The fraction of sp³-hybridized carbons (Fsp3) is 0.0571. The molecule has 188 valence electrons. The van der Waals surface area contributed by atoms with Crippen molar-refractivity contribution in [1.82, 2.24) is 9.47 Å². The van der Waals surface area contributed by atoms with E-state index in [2.05, 4.69) is 160 Å². The minimum Gasteiger partial charge on any atom is -0.349 e. The Kier molecular flexibility index (Phi) is 5.90.